The Balaban J connectivity index is 1.44. The van der Waals surface area contributed by atoms with Crippen LogP contribution in [0.3, 0.4) is 0 Å². The molecular weight excluding hydrogens is 619 g/mol. The maximum atomic E-state index is 15.5. The Bertz CT molecular complexity index is 1500. The number of benzene rings is 2. The van der Waals surface area contributed by atoms with Gasteiger partial charge in [-0.05, 0) is 87.4 Å². The van der Waals surface area contributed by atoms with Gasteiger partial charge in [-0.2, -0.15) is 0 Å². The van der Waals surface area contributed by atoms with Gasteiger partial charge in [-0.15, -0.1) is 4.72 Å². The summed E-state index contributed by atoms with van der Waals surface area (Å²) in [5.74, 6) is -0.588. The number of anilines is 1. The lowest BCUT2D eigenvalue weighted by atomic mass is 9.79. The molecule has 2 N–H and O–H groups in total. The van der Waals surface area contributed by atoms with Crippen molar-refractivity contribution >= 4 is 29.0 Å². The number of halogens is 1. The van der Waals surface area contributed by atoms with E-state index in [1.807, 2.05) is 70.2 Å². The molecule has 3 aromatic rings. The van der Waals surface area contributed by atoms with Crippen LogP contribution in [0.15, 0.2) is 73.1 Å². The van der Waals surface area contributed by atoms with E-state index < -0.39 is 45.5 Å². The van der Waals surface area contributed by atoms with Gasteiger partial charge in [-0.3, -0.25) is 14.7 Å². The molecule has 47 heavy (non-hydrogen) atoms. The number of nitrogens with one attached hydrogen (secondary N) is 2. The molecule has 0 spiro atoms. The summed E-state index contributed by atoms with van der Waals surface area (Å²) in [5, 5.41) is 2.76. The molecule has 0 radical (unpaired) electrons. The van der Waals surface area contributed by atoms with E-state index in [1.54, 1.807) is 24.5 Å². The number of amides is 2. The SMILES string of the molecule is CCO[C@@H]1C[C@H](C(=O)Nc2cc(C(CCC3CC3)(N[S@+]([O-])C(C)(C)C)c3ccncc3)ccc2F)N(C(=O)OCc2ccccc2)C1. The minimum Gasteiger partial charge on any atom is -0.598 e. The van der Waals surface area contributed by atoms with Gasteiger partial charge >= 0.3 is 6.09 Å². The highest BCUT2D eigenvalue weighted by molar-refractivity contribution is 7.90. The Morgan fingerprint density at radius 2 is 1.79 bits per heavy atom. The van der Waals surface area contributed by atoms with Crippen molar-refractivity contribution in [2.75, 3.05) is 18.5 Å². The van der Waals surface area contributed by atoms with E-state index in [0.717, 1.165) is 30.4 Å². The van der Waals surface area contributed by atoms with Crippen molar-refractivity contribution in [2.45, 2.75) is 88.8 Å². The molecule has 1 aromatic heterocycles. The van der Waals surface area contributed by atoms with Gasteiger partial charge in [0, 0.05) is 36.8 Å². The van der Waals surface area contributed by atoms with Gasteiger partial charge < -0.3 is 19.3 Å². The van der Waals surface area contributed by atoms with E-state index in [0.29, 0.717) is 24.5 Å². The monoisotopic (exact) mass is 664 g/mol. The summed E-state index contributed by atoms with van der Waals surface area (Å²) < 4.78 is 43.4. The molecule has 2 amide bonds. The van der Waals surface area contributed by atoms with Crippen molar-refractivity contribution in [3.05, 3.63) is 95.6 Å². The first-order chi connectivity index (χ1) is 22.5. The summed E-state index contributed by atoms with van der Waals surface area (Å²) in [7, 11) is 0. The lowest BCUT2D eigenvalue weighted by molar-refractivity contribution is -0.120. The Hall–Kier alpha value is -3.51. The second-order valence-electron chi connectivity index (χ2n) is 13.3. The molecule has 2 heterocycles. The Labute approximate surface area is 279 Å². The zero-order valence-electron chi connectivity index (χ0n) is 27.5. The van der Waals surface area contributed by atoms with Crippen LogP contribution < -0.4 is 10.0 Å². The maximum Gasteiger partial charge on any atom is 0.410 e. The topological polar surface area (TPSA) is 116 Å². The molecule has 0 bridgehead atoms. The summed E-state index contributed by atoms with van der Waals surface area (Å²) >= 11 is -1.48. The van der Waals surface area contributed by atoms with Crippen LogP contribution >= 0.6 is 0 Å². The number of hydrogen-bond donors (Lipinski definition) is 2. The molecule has 2 fully saturated rings. The Morgan fingerprint density at radius 3 is 2.45 bits per heavy atom. The zero-order chi connectivity index (χ0) is 33.6. The number of aromatic nitrogens is 1. The van der Waals surface area contributed by atoms with Crippen molar-refractivity contribution in [1.29, 1.82) is 0 Å². The Kier molecular flexibility index (Phi) is 11.2. The lowest BCUT2D eigenvalue weighted by Gasteiger charge is -2.39. The van der Waals surface area contributed by atoms with E-state index in [1.165, 1.54) is 11.0 Å². The largest absolute Gasteiger partial charge is 0.598 e. The molecule has 11 heteroatoms. The second-order valence-corrected chi connectivity index (χ2v) is 15.3. The van der Waals surface area contributed by atoms with Gasteiger partial charge in [-0.25, -0.2) is 9.18 Å². The molecular formula is C36H45FN4O5S. The number of likely N-dealkylation sites (tertiary alicyclic amines) is 1. The number of ether oxygens (including phenoxy) is 2. The summed E-state index contributed by atoms with van der Waals surface area (Å²) in [6.07, 6.45) is 6.41. The number of pyridine rings is 1. The first kappa shape index (κ1) is 34.8. The van der Waals surface area contributed by atoms with Crippen LogP contribution in [0.5, 0.6) is 0 Å². The summed E-state index contributed by atoms with van der Waals surface area (Å²) in [5.41, 5.74) is 1.35. The van der Waals surface area contributed by atoms with Crippen LogP contribution in [0.4, 0.5) is 14.9 Å². The number of carbonyl (C=O) groups is 2. The third kappa shape index (κ3) is 8.70. The van der Waals surface area contributed by atoms with Crippen LogP contribution in [0.1, 0.15) is 76.5 Å². The molecule has 1 saturated heterocycles. The van der Waals surface area contributed by atoms with E-state index >= 15 is 4.39 Å². The molecule has 1 aliphatic carbocycles. The van der Waals surface area contributed by atoms with E-state index in [4.69, 9.17) is 9.47 Å². The van der Waals surface area contributed by atoms with Crippen molar-refractivity contribution in [3.8, 4) is 0 Å². The van der Waals surface area contributed by atoms with Crippen molar-refractivity contribution in [1.82, 2.24) is 14.6 Å². The quantitative estimate of drug-likeness (QED) is 0.202. The van der Waals surface area contributed by atoms with E-state index in [2.05, 4.69) is 15.0 Å². The molecule has 2 aliphatic rings. The molecule has 1 aliphatic heterocycles. The predicted molar refractivity (Wildman–Crippen MR) is 180 cm³/mol. The third-order valence-electron chi connectivity index (χ3n) is 8.75. The highest BCUT2D eigenvalue weighted by Crippen LogP contribution is 2.43. The van der Waals surface area contributed by atoms with Crippen molar-refractivity contribution < 1.29 is 28.0 Å². The lowest BCUT2D eigenvalue weighted by Crippen LogP contribution is -2.52. The first-order valence-corrected chi connectivity index (χ1v) is 17.4. The fourth-order valence-electron chi connectivity index (χ4n) is 5.91. The normalized spacial score (nSPS) is 20.0. The van der Waals surface area contributed by atoms with Crippen molar-refractivity contribution in [3.63, 3.8) is 0 Å². The van der Waals surface area contributed by atoms with Gasteiger partial charge in [0.15, 0.2) is 0 Å². The van der Waals surface area contributed by atoms with Crippen LogP contribution in [-0.2, 0) is 37.8 Å². The average molecular weight is 665 g/mol. The summed E-state index contributed by atoms with van der Waals surface area (Å²) in [6.45, 7) is 8.21. The van der Waals surface area contributed by atoms with Gasteiger partial charge in [0.2, 0.25) is 5.91 Å². The minimum atomic E-state index is -1.48. The smallest absolute Gasteiger partial charge is 0.410 e. The average Bonchev–Trinajstić information content (AvgIpc) is 3.80. The highest BCUT2D eigenvalue weighted by Gasteiger charge is 2.44. The predicted octanol–water partition coefficient (Wildman–Crippen LogP) is 6.46. The molecule has 4 atom stereocenters. The number of hydrogen-bond acceptors (Lipinski definition) is 7. The summed E-state index contributed by atoms with van der Waals surface area (Å²) in [4.78, 5) is 32.6. The fourth-order valence-corrected chi connectivity index (χ4v) is 6.87. The van der Waals surface area contributed by atoms with Crippen molar-refractivity contribution in [2.24, 2.45) is 5.92 Å². The van der Waals surface area contributed by atoms with Gasteiger partial charge in [0.1, 0.15) is 28.8 Å². The highest BCUT2D eigenvalue weighted by atomic mass is 32.2. The third-order valence-corrected chi connectivity index (χ3v) is 10.4. The van der Waals surface area contributed by atoms with Crippen LogP contribution in [0.2, 0.25) is 0 Å². The zero-order valence-corrected chi connectivity index (χ0v) is 28.4. The van der Waals surface area contributed by atoms with Crippen LogP contribution in [0, 0.1) is 11.7 Å². The molecule has 1 saturated carbocycles. The van der Waals surface area contributed by atoms with Gasteiger partial charge in [0.05, 0.1) is 18.3 Å². The van der Waals surface area contributed by atoms with Gasteiger partial charge in [-0.1, -0.05) is 49.2 Å². The Morgan fingerprint density at radius 1 is 1.06 bits per heavy atom. The molecule has 1 unspecified atom stereocenters. The number of carbonyl (C=O) groups excluding carboxylic acids is 2. The number of nitrogens with zero attached hydrogens (tertiary/aromatic N) is 2. The molecule has 2 aromatic carbocycles. The summed E-state index contributed by atoms with van der Waals surface area (Å²) in [6, 6.07) is 16.7. The van der Waals surface area contributed by atoms with Crippen LogP contribution in [-0.4, -0.2) is 56.5 Å². The molecule has 9 nitrogen and oxygen atoms in total. The molecule has 252 valence electrons. The first-order valence-electron chi connectivity index (χ1n) is 16.3. The second kappa shape index (κ2) is 15.1. The van der Waals surface area contributed by atoms with E-state index in [9.17, 15) is 14.1 Å². The minimum absolute atomic E-state index is 0.0295. The van der Waals surface area contributed by atoms with Crippen LogP contribution in [0.25, 0.3) is 0 Å². The maximum absolute atomic E-state index is 15.5. The van der Waals surface area contributed by atoms with Gasteiger partial charge in [0.25, 0.3) is 0 Å². The van der Waals surface area contributed by atoms with E-state index in [-0.39, 0.29) is 31.4 Å². The molecule has 5 rings (SSSR count). The standard InChI is InChI=1S/C36H45FN4O5S/c1-5-45-29-22-32(41(23-29)34(43)46-24-26-9-7-6-8-10-26)33(42)39-31-21-28(13-14-30(31)37)36(18-15-25-11-12-25,27-16-19-38-20-17-27)40-47(44)35(2,3)4/h6-10,13-14,16-17,19-21,25,29,32,40H,5,11-12,15,18,22-24H2,1-4H3,(H,39,42)/t29-,32-,36?,47-/m1/s1. The number of rotatable bonds is 13. The fraction of sp³-hybridized carbons (Fsp3) is 0.472.